The van der Waals surface area contributed by atoms with Gasteiger partial charge in [-0.05, 0) is 35.9 Å². The summed E-state index contributed by atoms with van der Waals surface area (Å²) in [6.45, 7) is 0. The molecule has 118 valence electrons. The van der Waals surface area contributed by atoms with Crippen LogP contribution in [0.2, 0.25) is 5.02 Å². The maximum atomic E-state index is 11.4. The van der Waals surface area contributed by atoms with Gasteiger partial charge in [-0.3, -0.25) is 4.79 Å². The van der Waals surface area contributed by atoms with E-state index < -0.39 is 0 Å². The van der Waals surface area contributed by atoms with Crippen molar-refractivity contribution in [2.24, 2.45) is 0 Å². The lowest BCUT2D eigenvalue weighted by Gasteiger charge is -2.11. The average Bonchev–Trinajstić information content (AvgIpc) is 2.53. The van der Waals surface area contributed by atoms with Crippen molar-refractivity contribution < 1.29 is 19.0 Å². The lowest BCUT2D eigenvalue weighted by Crippen LogP contribution is -2.04. The number of methoxy groups -OCH3 is 2. The molecule has 0 aromatic heterocycles. The number of benzene rings is 2. The Morgan fingerprint density at radius 2 is 1.78 bits per heavy atom. The highest BCUT2D eigenvalue weighted by atomic mass is 35.5. The first kappa shape index (κ1) is 16.7. The molecule has 2 aromatic rings. The molecule has 0 bridgehead atoms. The van der Waals surface area contributed by atoms with Gasteiger partial charge in [0.2, 0.25) is 0 Å². The van der Waals surface area contributed by atoms with Crippen LogP contribution >= 0.6 is 11.6 Å². The standard InChI is InChI=1S/C17H14ClNO4/c1-21-14-4-11(7-17(20)22-2)5-16(9-14)23-15-6-12(10-19)3-13(18)8-15/h3-6,8-9H,7H2,1-2H3. The van der Waals surface area contributed by atoms with E-state index in [4.69, 9.17) is 26.3 Å². The highest BCUT2D eigenvalue weighted by Crippen LogP contribution is 2.30. The minimum Gasteiger partial charge on any atom is -0.497 e. The van der Waals surface area contributed by atoms with Crippen LogP contribution in [-0.4, -0.2) is 20.2 Å². The highest BCUT2D eigenvalue weighted by Gasteiger charge is 2.09. The Morgan fingerprint density at radius 3 is 2.43 bits per heavy atom. The SMILES string of the molecule is COC(=O)Cc1cc(OC)cc(Oc2cc(Cl)cc(C#N)c2)c1. The number of halogens is 1. The molecule has 0 fully saturated rings. The van der Waals surface area contributed by atoms with Crippen molar-refractivity contribution >= 4 is 17.6 Å². The minimum atomic E-state index is -0.362. The van der Waals surface area contributed by atoms with E-state index in [0.29, 0.717) is 33.4 Å². The van der Waals surface area contributed by atoms with E-state index in [-0.39, 0.29) is 12.4 Å². The van der Waals surface area contributed by atoms with Gasteiger partial charge in [0, 0.05) is 11.1 Å². The van der Waals surface area contributed by atoms with Gasteiger partial charge in [-0.15, -0.1) is 0 Å². The molecule has 0 saturated heterocycles. The van der Waals surface area contributed by atoms with E-state index in [1.165, 1.54) is 14.2 Å². The van der Waals surface area contributed by atoms with Crippen molar-refractivity contribution in [3.05, 3.63) is 52.5 Å². The second-order valence-corrected chi connectivity index (χ2v) is 5.10. The van der Waals surface area contributed by atoms with Crippen LogP contribution in [0.3, 0.4) is 0 Å². The van der Waals surface area contributed by atoms with Crippen molar-refractivity contribution in [1.82, 2.24) is 0 Å². The molecule has 0 heterocycles. The first-order valence-corrected chi connectivity index (χ1v) is 7.05. The number of hydrogen-bond donors (Lipinski definition) is 0. The van der Waals surface area contributed by atoms with Crippen LogP contribution in [0.5, 0.6) is 17.2 Å². The molecule has 2 rings (SSSR count). The minimum absolute atomic E-state index is 0.100. The zero-order chi connectivity index (χ0) is 16.8. The summed E-state index contributed by atoms with van der Waals surface area (Å²) >= 11 is 5.96. The summed E-state index contributed by atoms with van der Waals surface area (Å²) in [5.41, 5.74) is 1.08. The van der Waals surface area contributed by atoms with Gasteiger partial charge >= 0.3 is 5.97 Å². The van der Waals surface area contributed by atoms with E-state index >= 15 is 0 Å². The number of hydrogen-bond acceptors (Lipinski definition) is 5. The Bertz CT molecular complexity index is 768. The number of esters is 1. The van der Waals surface area contributed by atoms with Crippen molar-refractivity contribution in [3.8, 4) is 23.3 Å². The number of rotatable bonds is 5. The number of nitriles is 1. The zero-order valence-corrected chi connectivity index (χ0v) is 13.4. The molecule has 6 heteroatoms. The second kappa shape index (κ2) is 7.52. The van der Waals surface area contributed by atoms with Crippen LogP contribution in [-0.2, 0) is 16.0 Å². The van der Waals surface area contributed by atoms with E-state index in [0.717, 1.165) is 0 Å². The van der Waals surface area contributed by atoms with Gasteiger partial charge in [0.1, 0.15) is 17.2 Å². The van der Waals surface area contributed by atoms with Crippen molar-refractivity contribution in [2.75, 3.05) is 14.2 Å². The lowest BCUT2D eigenvalue weighted by molar-refractivity contribution is -0.139. The monoisotopic (exact) mass is 331 g/mol. The summed E-state index contributed by atoms with van der Waals surface area (Å²) < 4.78 is 15.6. The van der Waals surface area contributed by atoms with Crippen LogP contribution in [0, 0.1) is 11.3 Å². The van der Waals surface area contributed by atoms with E-state index in [1.807, 2.05) is 6.07 Å². The molecular formula is C17H14ClNO4. The number of carbonyl (C=O) groups excluding carboxylic acids is 1. The third kappa shape index (κ3) is 4.63. The topological polar surface area (TPSA) is 68.6 Å². The average molecular weight is 332 g/mol. The molecule has 5 nitrogen and oxygen atoms in total. The second-order valence-electron chi connectivity index (χ2n) is 4.66. The van der Waals surface area contributed by atoms with Gasteiger partial charge in [0.05, 0.1) is 32.3 Å². The largest absolute Gasteiger partial charge is 0.497 e. The Labute approximate surface area is 139 Å². The summed E-state index contributed by atoms with van der Waals surface area (Å²) in [5.74, 6) is 1.07. The van der Waals surface area contributed by atoms with Crippen LogP contribution in [0.15, 0.2) is 36.4 Å². The molecular weight excluding hydrogens is 318 g/mol. The zero-order valence-electron chi connectivity index (χ0n) is 12.6. The van der Waals surface area contributed by atoms with Crippen molar-refractivity contribution in [2.45, 2.75) is 6.42 Å². The first-order valence-electron chi connectivity index (χ1n) is 6.67. The molecule has 0 aliphatic rings. The molecule has 0 spiro atoms. The molecule has 2 aromatic carbocycles. The van der Waals surface area contributed by atoms with E-state index in [2.05, 4.69) is 4.74 Å². The normalized spacial score (nSPS) is 9.83. The van der Waals surface area contributed by atoms with Crippen LogP contribution in [0.4, 0.5) is 0 Å². The third-order valence-electron chi connectivity index (χ3n) is 2.99. The smallest absolute Gasteiger partial charge is 0.309 e. The quantitative estimate of drug-likeness (QED) is 0.781. The maximum absolute atomic E-state index is 11.4. The molecule has 0 atom stereocenters. The Balaban J connectivity index is 2.32. The van der Waals surface area contributed by atoms with Gasteiger partial charge < -0.3 is 14.2 Å². The first-order chi connectivity index (χ1) is 11.0. The van der Waals surface area contributed by atoms with Crippen LogP contribution in [0.1, 0.15) is 11.1 Å². The molecule has 0 N–H and O–H groups in total. The summed E-state index contributed by atoms with van der Waals surface area (Å²) in [5, 5.41) is 9.37. The van der Waals surface area contributed by atoms with Crippen molar-refractivity contribution in [1.29, 1.82) is 5.26 Å². The van der Waals surface area contributed by atoms with Crippen LogP contribution < -0.4 is 9.47 Å². The number of ether oxygens (including phenoxy) is 3. The maximum Gasteiger partial charge on any atom is 0.309 e. The Hall–Kier alpha value is -2.71. The molecule has 0 amide bonds. The fourth-order valence-electron chi connectivity index (χ4n) is 1.97. The van der Waals surface area contributed by atoms with Gasteiger partial charge in [-0.2, -0.15) is 5.26 Å². The fraction of sp³-hybridized carbons (Fsp3) is 0.176. The Kier molecular flexibility index (Phi) is 5.45. The van der Waals surface area contributed by atoms with E-state index in [1.54, 1.807) is 36.4 Å². The Morgan fingerprint density at radius 1 is 1.09 bits per heavy atom. The van der Waals surface area contributed by atoms with Gasteiger partial charge in [-0.25, -0.2) is 0 Å². The molecule has 0 saturated carbocycles. The predicted octanol–water partition coefficient (Wildman–Crippen LogP) is 3.73. The molecule has 0 aliphatic heterocycles. The van der Waals surface area contributed by atoms with Gasteiger partial charge in [0.15, 0.2) is 0 Å². The summed E-state index contributed by atoms with van der Waals surface area (Å²) in [6, 6.07) is 11.8. The number of carbonyl (C=O) groups is 1. The molecule has 0 aliphatic carbocycles. The molecule has 23 heavy (non-hydrogen) atoms. The highest BCUT2D eigenvalue weighted by molar-refractivity contribution is 6.30. The molecule has 0 radical (unpaired) electrons. The van der Waals surface area contributed by atoms with Gasteiger partial charge in [-0.1, -0.05) is 11.6 Å². The summed E-state index contributed by atoms with van der Waals surface area (Å²) in [4.78, 5) is 11.4. The fourth-order valence-corrected chi connectivity index (χ4v) is 2.20. The van der Waals surface area contributed by atoms with Gasteiger partial charge in [0.25, 0.3) is 0 Å². The molecule has 0 unspecified atom stereocenters. The summed E-state index contributed by atoms with van der Waals surface area (Å²) in [6.07, 6.45) is 0.100. The predicted molar refractivity (Wildman–Crippen MR) is 85.0 cm³/mol. The van der Waals surface area contributed by atoms with E-state index in [9.17, 15) is 4.79 Å². The van der Waals surface area contributed by atoms with Crippen LogP contribution in [0.25, 0.3) is 0 Å². The lowest BCUT2D eigenvalue weighted by atomic mass is 10.1. The number of nitrogens with zero attached hydrogens (tertiary/aromatic N) is 1. The third-order valence-corrected chi connectivity index (χ3v) is 3.21. The summed E-state index contributed by atoms with van der Waals surface area (Å²) in [7, 11) is 2.85. The van der Waals surface area contributed by atoms with Crippen molar-refractivity contribution in [3.63, 3.8) is 0 Å².